The molecule has 1 aromatic heterocycles. The van der Waals surface area contributed by atoms with Crippen LogP contribution in [0.2, 0.25) is 0 Å². The Morgan fingerprint density at radius 3 is 2.79 bits per heavy atom. The van der Waals surface area contributed by atoms with Gasteiger partial charge >= 0.3 is 0 Å². The van der Waals surface area contributed by atoms with Crippen LogP contribution in [0.5, 0.6) is 0 Å². The molecular weight excluding hydrogens is 333 g/mol. The molecule has 2 rings (SSSR count). The first-order valence-electron chi connectivity index (χ1n) is 6.07. The Morgan fingerprint density at radius 2 is 2.16 bits per heavy atom. The smallest absolute Gasteiger partial charge is 0.139 e. The van der Waals surface area contributed by atoms with Gasteiger partial charge in [-0.15, -0.1) is 11.6 Å². The van der Waals surface area contributed by atoms with Gasteiger partial charge < -0.3 is 9.47 Å². The Labute approximate surface area is 125 Å². The average molecular weight is 349 g/mol. The number of benzene rings is 1. The van der Waals surface area contributed by atoms with Crippen molar-refractivity contribution < 1.29 is 4.39 Å². The highest BCUT2D eigenvalue weighted by Crippen LogP contribution is 2.24. The van der Waals surface area contributed by atoms with Crippen LogP contribution in [0.15, 0.2) is 16.6 Å². The first-order chi connectivity index (χ1) is 9.02. The molecule has 1 heterocycles. The zero-order valence-electron chi connectivity index (χ0n) is 11.0. The Balaban J connectivity index is 2.48. The molecule has 0 N–H and O–H groups in total. The summed E-state index contributed by atoms with van der Waals surface area (Å²) in [6.07, 6.45) is 0.683. The number of likely N-dealkylation sites (N-methyl/N-ethyl adjacent to an activating group) is 1. The van der Waals surface area contributed by atoms with Gasteiger partial charge in [-0.1, -0.05) is 0 Å². The van der Waals surface area contributed by atoms with E-state index in [9.17, 15) is 4.39 Å². The van der Waals surface area contributed by atoms with Crippen molar-refractivity contribution in [3.8, 4) is 0 Å². The van der Waals surface area contributed by atoms with Gasteiger partial charge in [-0.05, 0) is 36.1 Å². The van der Waals surface area contributed by atoms with E-state index >= 15 is 0 Å². The summed E-state index contributed by atoms with van der Waals surface area (Å²) in [6, 6.07) is 3.24. The third-order valence-electron chi connectivity index (χ3n) is 2.96. The summed E-state index contributed by atoms with van der Waals surface area (Å²) in [7, 11) is 4.02. The fourth-order valence-electron chi connectivity index (χ4n) is 1.99. The molecular formula is C13H16BrClFN3. The van der Waals surface area contributed by atoms with Gasteiger partial charge in [0.2, 0.25) is 0 Å². The van der Waals surface area contributed by atoms with E-state index in [0.29, 0.717) is 16.8 Å². The monoisotopic (exact) mass is 347 g/mol. The molecule has 0 aliphatic carbocycles. The van der Waals surface area contributed by atoms with E-state index in [4.69, 9.17) is 11.6 Å². The number of hydrogen-bond acceptors (Lipinski definition) is 2. The highest BCUT2D eigenvalue weighted by Gasteiger charge is 2.13. The number of alkyl halides is 1. The number of hydrogen-bond donors (Lipinski definition) is 0. The molecule has 1 aromatic carbocycles. The van der Waals surface area contributed by atoms with Crippen LogP contribution in [0.3, 0.4) is 0 Å². The van der Waals surface area contributed by atoms with Gasteiger partial charge in [0.25, 0.3) is 0 Å². The van der Waals surface area contributed by atoms with Crippen LogP contribution in [0.25, 0.3) is 11.0 Å². The summed E-state index contributed by atoms with van der Waals surface area (Å²) in [5.74, 6) is 1.15. The third kappa shape index (κ3) is 3.27. The highest BCUT2D eigenvalue weighted by atomic mass is 79.9. The maximum Gasteiger partial charge on any atom is 0.139 e. The number of halogens is 3. The largest absolute Gasteiger partial charge is 0.327 e. The molecule has 0 spiro atoms. The van der Waals surface area contributed by atoms with Crippen LogP contribution < -0.4 is 0 Å². The standard InChI is InChI=1S/C13H16BrClFN3/c1-18(2)5-6-19-12-8-10(16)9(14)7-11(12)17-13(19)3-4-15/h7-8H,3-6H2,1-2H3. The van der Waals surface area contributed by atoms with Crippen LogP contribution in [-0.4, -0.2) is 41.0 Å². The van der Waals surface area contributed by atoms with E-state index in [1.165, 1.54) is 6.07 Å². The summed E-state index contributed by atoms with van der Waals surface area (Å²) in [5, 5.41) is 0. The normalized spacial score (nSPS) is 11.7. The van der Waals surface area contributed by atoms with Gasteiger partial charge in [-0.3, -0.25) is 0 Å². The Kier molecular flexibility index (Phi) is 4.81. The number of nitrogens with zero attached hydrogens (tertiary/aromatic N) is 3. The van der Waals surface area contributed by atoms with Crippen LogP contribution >= 0.6 is 27.5 Å². The molecule has 19 heavy (non-hydrogen) atoms. The number of fused-ring (bicyclic) bond motifs is 1. The second kappa shape index (κ2) is 6.20. The Bertz CT molecular complexity index is 583. The van der Waals surface area contributed by atoms with Crippen LogP contribution in [0.4, 0.5) is 4.39 Å². The molecule has 0 amide bonds. The van der Waals surface area contributed by atoms with Crippen molar-refractivity contribution in [2.45, 2.75) is 13.0 Å². The maximum absolute atomic E-state index is 13.7. The van der Waals surface area contributed by atoms with Crippen molar-refractivity contribution in [2.24, 2.45) is 0 Å². The number of rotatable bonds is 5. The molecule has 0 bridgehead atoms. The lowest BCUT2D eigenvalue weighted by atomic mass is 10.3. The van der Waals surface area contributed by atoms with E-state index in [1.807, 2.05) is 18.7 Å². The molecule has 0 atom stereocenters. The zero-order chi connectivity index (χ0) is 14.0. The minimum Gasteiger partial charge on any atom is -0.327 e. The van der Waals surface area contributed by atoms with Gasteiger partial charge in [0.1, 0.15) is 11.6 Å². The van der Waals surface area contributed by atoms with E-state index in [2.05, 4.69) is 25.8 Å². The summed E-state index contributed by atoms with van der Waals surface area (Å²) in [5.41, 5.74) is 1.62. The van der Waals surface area contributed by atoms with E-state index < -0.39 is 0 Å². The van der Waals surface area contributed by atoms with Crippen LogP contribution in [-0.2, 0) is 13.0 Å². The summed E-state index contributed by atoms with van der Waals surface area (Å²) in [4.78, 5) is 6.63. The molecule has 3 nitrogen and oxygen atoms in total. The number of aryl methyl sites for hydroxylation is 1. The lowest BCUT2D eigenvalue weighted by Gasteiger charge is -2.13. The predicted octanol–water partition coefficient (Wildman–Crippen LogP) is 3.28. The maximum atomic E-state index is 13.7. The lowest BCUT2D eigenvalue weighted by Crippen LogP contribution is -2.19. The molecule has 0 saturated carbocycles. The topological polar surface area (TPSA) is 21.1 Å². The van der Waals surface area contributed by atoms with Crippen molar-refractivity contribution >= 4 is 38.6 Å². The molecule has 0 fully saturated rings. The average Bonchev–Trinajstić information content (AvgIpc) is 2.65. The number of aromatic nitrogens is 2. The fraction of sp³-hybridized carbons (Fsp3) is 0.462. The van der Waals surface area contributed by atoms with Crippen LogP contribution in [0, 0.1) is 5.82 Å². The molecule has 0 aliphatic heterocycles. The third-order valence-corrected chi connectivity index (χ3v) is 3.75. The van der Waals surface area contributed by atoms with Gasteiger partial charge in [-0.25, -0.2) is 9.37 Å². The summed E-state index contributed by atoms with van der Waals surface area (Å²) < 4.78 is 16.2. The molecule has 2 aromatic rings. The second-order valence-corrected chi connectivity index (χ2v) is 5.91. The molecule has 0 saturated heterocycles. The predicted molar refractivity (Wildman–Crippen MR) is 80.4 cm³/mol. The first kappa shape index (κ1) is 14.8. The minimum absolute atomic E-state index is 0.268. The van der Waals surface area contributed by atoms with Gasteiger partial charge in [0, 0.05) is 31.5 Å². The fourth-order valence-corrected chi connectivity index (χ4v) is 2.50. The quantitative estimate of drug-likeness (QED) is 0.773. The molecule has 104 valence electrons. The molecule has 6 heteroatoms. The molecule has 0 unspecified atom stereocenters. The molecule has 0 radical (unpaired) electrons. The SMILES string of the molecule is CN(C)CCn1c(CCCl)nc2cc(Br)c(F)cc21. The van der Waals surface area contributed by atoms with E-state index in [1.54, 1.807) is 6.07 Å². The lowest BCUT2D eigenvalue weighted by molar-refractivity contribution is 0.383. The summed E-state index contributed by atoms with van der Waals surface area (Å²) in [6.45, 7) is 1.65. The van der Waals surface area contributed by atoms with Crippen molar-refractivity contribution in [1.82, 2.24) is 14.5 Å². The van der Waals surface area contributed by atoms with E-state index in [-0.39, 0.29) is 5.82 Å². The minimum atomic E-state index is -0.268. The number of imidazole rings is 1. The van der Waals surface area contributed by atoms with Crippen molar-refractivity contribution in [3.05, 3.63) is 28.2 Å². The van der Waals surface area contributed by atoms with Crippen molar-refractivity contribution in [1.29, 1.82) is 0 Å². The zero-order valence-corrected chi connectivity index (χ0v) is 13.3. The Morgan fingerprint density at radius 1 is 1.42 bits per heavy atom. The Hall–Kier alpha value is -0.650. The first-order valence-corrected chi connectivity index (χ1v) is 7.40. The van der Waals surface area contributed by atoms with Gasteiger partial charge in [0.15, 0.2) is 0 Å². The van der Waals surface area contributed by atoms with Gasteiger partial charge in [0.05, 0.1) is 15.5 Å². The molecule has 0 aliphatic rings. The second-order valence-electron chi connectivity index (χ2n) is 4.68. The highest BCUT2D eigenvalue weighted by molar-refractivity contribution is 9.10. The van der Waals surface area contributed by atoms with E-state index in [0.717, 1.165) is 29.9 Å². The van der Waals surface area contributed by atoms with Crippen molar-refractivity contribution in [3.63, 3.8) is 0 Å². The van der Waals surface area contributed by atoms with Crippen LogP contribution in [0.1, 0.15) is 5.82 Å². The summed E-state index contributed by atoms with van der Waals surface area (Å²) >= 11 is 9.01. The van der Waals surface area contributed by atoms with Crippen molar-refractivity contribution in [2.75, 3.05) is 26.5 Å². The van der Waals surface area contributed by atoms with Gasteiger partial charge in [-0.2, -0.15) is 0 Å².